The number of fused-ring (bicyclic) bond motifs is 2. The number of hydrogen-bond acceptors (Lipinski definition) is 3. The van der Waals surface area contributed by atoms with Gasteiger partial charge >= 0.3 is 0 Å². The summed E-state index contributed by atoms with van der Waals surface area (Å²) in [5.41, 5.74) is 3.83. The first-order valence-corrected chi connectivity index (χ1v) is 8.62. The Labute approximate surface area is 157 Å². The predicted octanol–water partition coefficient (Wildman–Crippen LogP) is 4.02. The number of amides is 1. The van der Waals surface area contributed by atoms with Crippen LogP contribution in [0.4, 0.5) is 0 Å². The van der Waals surface area contributed by atoms with Crippen molar-refractivity contribution in [1.29, 1.82) is 0 Å². The van der Waals surface area contributed by atoms with Gasteiger partial charge in [0.25, 0.3) is 0 Å². The Bertz CT molecular complexity index is 1020. The topological polar surface area (TPSA) is 72.2 Å². The molecule has 0 saturated carbocycles. The van der Waals surface area contributed by atoms with E-state index in [1.807, 2.05) is 78.9 Å². The second-order valence-electron chi connectivity index (χ2n) is 6.08. The number of benzene rings is 4. The SMILES string of the molecule is NNC(=O)Cc1ccccc1.O=Cc1c2ccccc2cc2ccccc12. The molecule has 4 rings (SSSR count). The van der Waals surface area contributed by atoms with Gasteiger partial charge < -0.3 is 0 Å². The Kier molecular flexibility index (Phi) is 5.92. The number of rotatable bonds is 3. The van der Waals surface area contributed by atoms with Crippen LogP contribution in [0.1, 0.15) is 15.9 Å². The third-order valence-electron chi connectivity index (χ3n) is 4.30. The van der Waals surface area contributed by atoms with E-state index in [2.05, 4.69) is 11.5 Å². The first kappa shape index (κ1) is 18.3. The normalized spacial score (nSPS) is 10.1. The van der Waals surface area contributed by atoms with Crippen LogP contribution in [-0.4, -0.2) is 12.2 Å². The molecule has 3 N–H and O–H groups in total. The summed E-state index contributed by atoms with van der Waals surface area (Å²) in [6.07, 6.45) is 1.29. The Morgan fingerprint density at radius 3 is 1.85 bits per heavy atom. The van der Waals surface area contributed by atoms with Crippen LogP contribution < -0.4 is 11.3 Å². The van der Waals surface area contributed by atoms with Crippen molar-refractivity contribution < 1.29 is 9.59 Å². The van der Waals surface area contributed by atoms with E-state index in [4.69, 9.17) is 5.84 Å². The summed E-state index contributed by atoms with van der Waals surface area (Å²) in [4.78, 5) is 22.0. The molecule has 0 fully saturated rings. The molecular weight excluding hydrogens is 336 g/mol. The fourth-order valence-corrected chi connectivity index (χ4v) is 3.01. The van der Waals surface area contributed by atoms with Crippen molar-refractivity contribution in [2.75, 3.05) is 0 Å². The highest BCUT2D eigenvalue weighted by Crippen LogP contribution is 2.26. The second-order valence-corrected chi connectivity index (χ2v) is 6.08. The molecule has 0 spiro atoms. The summed E-state index contributed by atoms with van der Waals surface area (Å²) in [6.45, 7) is 0. The highest BCUT2D eigenvalue weighted by molar-refractivity contribution is 6.12. The fraction of sp³-hybridized carbons (Fsp3) is 0.0435. The molecule has 4 heteroatoms. The maximum Gasteiger partial charge on any atom is 0.238 e. The molecule has 0 aliphatic carbocycles. The summed E-state index contributed by atoms with van der Waals surface area (Å²) < 4.78 is 0. The molecular formula is C23H20N2O2. The van der Waals surface area contributed by atoms with Crippen LogP contribution in [-0.2, 0) is 11.2 Å². The highest BCUT2D eigenvalue weighted by atomic mass is 16.2. The number of nitrogens with two attached hydrogens (primary N) is 1. The van der Waals surface area contributed by atoms with E-state index in [0.29, 0.717) is 6.42 Å². The van der Waals surface area contributed by atoms with Gasteiger partial charge in [0, 0.05) is 5.56 Å². The minimum atomic E-state index is -0.170. The van der Waals surface area contributed by atoms with Gasteiger partial charge in [-0.3, -0.25) is 15.0 Å². The molecule has 0 unspecified atom stereocenters. The molecule has 0 atom stereocenters. The highest BCUT2D eigenvalue weighted by Gasteiger charge is 2.05. The zero-order valence-corrected chi connectivity index (χ0v) is 14.8. The minimum absolute atomic E-state index is 0.170. The van der Waals surface area contributed by atoms with Crippen molar-refractivity contribution in [3.63, 3.8) is 0 Å². The number of carbonyl (C=O) groups is 2. The van der Waals surface area contributed by atoms with Crippen LogP contribution in [0, 0.1) is 0 Å². The van der Waals surface area contributed by atoms with Crippen molar-refractivity contribution in [2.24, 2.45) is 5.84 Å². The molecule has 4 nitrogen and oxygen atoms in total. The van der Waals surface area contributed by atoms with Crippen LogP contribution in [0.5, 0.6) is 0 Å². The number of aldehydes is 1. The number of nitrogens with one attached hydrogen (secondary N) is 1. The quantitative estimate of drug-likeness (QED) is 0.191. The smallest absolute Gasteiger partial charge is 0.238 e. The average Bonchev–Trinajstić information content (AvgIpc) is 2.73. The van der Waals surface area contributed by atoms with Crippen LogP contribution in [0.25, 0.3) is 21.5 Å². The third-order valence-corrected chi connectivity index (χ3v) is 4.30. The first-order valence-electron chi connectivity index (χ1n) is 8.62. The maximum absolute atomic E-state index is 11.2. The molecule has 0 heterocycles. The summed E-state index contributed by atoms with van der Waals surface area (Å²) >= 11 is 0. The van der Waals surface area contributed by atoms with Gasteiger partial charge in [-0.2, -0.15) is 0 Å². The van der Waals surface area contributed by atoms with Crippen LogP contribution in [0.3, 0.4) is 0 Å². The van der Waals surface area contributed by atoms with Crippen molar-refractivity contribution in [2.45, 2.75) is 6.42 Å². The molecule has 27 heavy (non-hydrogen) atoms. The molecule has 4 aromatic rings. The molecule has 0 aromatic heterocycles. The number of carbonyl (C=O) groups excluding carboxylic acids is 2. The zero-order chi connectivity index (χ0) is 19.1. The summed E-state index contributed by atoms with van der Waals surface area (Å²) in [5.74, 6) is 4.75. The largest absolute Gasteiger partial charge is 0.298 e. The molecule has 0 aliphatic rings. The van der Waals surface area contributed by atoms with Gasteiger partial charge in [-0.1, -0.05) is 78.9 Å². The molecule has 0 aliphatic heterocycles. The summed E-state index contributed by atoms with van der Waals surface area (Å²) in [7, 11) is 0. The van der Waals surface area contributed by atoms with Gasteiger partial charge in [-0.05, 0) is 33.2 Å². The Morgan fingerprint density at radius 1 is 0.815 bits per heavy atom. The van der Waals surface area contributed by atoms with E-state index in [1.54, 1.807) is 0 Å². The average molecular weight is 356 g/mol. The molecule has 0 saturated heterocycles. The zero-order valence-electron chi connectivity index (χ0n) is 14.8. The van der Waals surface area contributed by atoms with Crippen molar-refractivity contribution in [3.05, 3.63) is 96.1 Å². The Hall–Kier alpha value is -3.50. The molecule has 1 amide bonds. The van der Waals surface area contributed by atoms with E-state index in [9.17, 15) is 9.59 Å². The van der Waals surface area contributed by atoms with Crippen LogP contribution >= 0.6 is 0 Å². The lowest BCUT2D eigenvalue weighted by Gasteiger charge is -2.05. The standard InChI is InChI=1S/C15H10O.C8H10N2O/c16-10-15-13-7-3-1-5-11(13)9-12-6-2-4-8-14(12)15;9-10-8(11)6-7-4-2-1-3-5-7/h1-10H;1-5H,6,9H2,(H,10,11). The monoisotopic (exact) mass is 356 g/mol. The lowest BCUT2D eigenvalue weighted by molar-refractivity contribution is -0.120. The lowest BCUT2D eigenvalue weighted by Crippen LogP contribution is -2.31. The molecule has 134 valence electrons. The second kappa shape index (κ2) is 8.74. The van der Waals surface area contributed by atoms with Crippen molar-refractivity contribution in [3.8, 4) is 0 Å². The van der Waals surface area contributed by atoms with Crippen LogP contribution in [0.2, 0.25) is 0 Å². The summed E-state index contributed by atoms with van der Waals surface area (Å²) in [5, 5.41) is 4.28. The number of hydrazine groups is 1. The molecule has 0 bridgehead atoms. The van der Waals surface area contributed by atoms with Crippen molar-refractivity contribution in [1.82, 2.24) is 5.43 Å². The van der Waals surface area contributed by atoms with Gasteiger partial charge in [0.2, 0.25) is 5.91 Å². The third kappa shape index (κ3) is 4.37. The van der Waals surface area contributed by atoms with Gasteiger partial charge in [-0.15, -0.1) is 0 Å². The van der Waals surface area contributed by atoms with E-state index >= 15 is 0 Å². The van der Waals surface area contributed by atoms with E-state index < -0.39 is 0 Å². The fourth-order valence-electron chi connectivity index (χ4n) is 3.01. The summed E-state index contributed by atoms with van der Waals surface area (Å²) in [6, 6.07) is 27.5. The molecule has 0 radical (unpaired) electrons. The van der Waals surface area contributed by atoms with Gasteiger partial charge in [0.15, 0.2) is 6.29 Å². The van der Waals surface area contributed by atoms with Gasteiger partial charge in [0.05, 0.1) is 6.42 Å². The maximum atomic E-state index is 11.2. The van der Waals surface area contributed by atoms with Crippen molar-refractivity contribution >= 4 is 33.7 Å². The minimum Gasteiger partial charge on any atom is -0.298 e. The van der Waals surface area contributed by atoms with Gasteiger partial charge in [-0.25, -0.2) is 5.84 Å². The van der Waals surface area contributed by atoms with E-state index in [-0.39, 0.29) is 5.91 Å². The van der Waals surface area contributed by atoms with E-state index in [0.717, 1.165) is 39.0 Å². The predicted molar refractivity (Wildman–Crippen MR) is 109 cm³/mol. The first-order chi connectivity index (χ1) is 13.2. The van der Waals surface area contributed by atoms with Crippen LogP contribution in [0.15, 0.2) is 84.9 Å². The molecule has 4 aromatic carbocycles. The van der Waals surface area contributed by atoms with Gasteiger partial charge in [0.1, 0.15) is 0 Å². The Morgan fingerprint density at radius 2 is 1.33 bits per heavy atom. The Balaban J connectivity index is 0.000000168. The lowest BCUT2D eigenvalue weighted by atomic mass is 9.98. The number of hydrogen-bond donors (Lipinski definition) is 2. The van der Waals surface area contributed by atoms with E-state index in [1.165, 1.54) is 0 Å².